The van der Waals surface area contributed by atoms with Gasteiger partial charge in [-0.15, -0.1) is 0 Å². The predicted octanol–water partition coefficient (Wildman–Crippen LogP) is 1.92. The van der Waals surface area contributed by atoms with Crippen molar-refractivity contribution in [2.75, 3.05) is 7.05 Å². The molecule has 0 aliphatic heterocycles. The minimum atomic E-state index is 0.335. The third-order valence-corrected chi connectivity index (χ3v) is 2.93. The van der Waals surface area contributed by atoms with E-state index < -0.39 is 0 Å². The Morgan fingerprint density at radius 2 is 2.17 bits per heavy atom. The van der Waals surface area contributed by atoms with Gasteiger partial charge in [0, 0.05) is 18.7 Å². The van der Waals surface area contributed by atoms with Gasteiger partial charge in [0.1, 0.15) is 5.69 Å². The maximum Gasteiger partial charge on any atom is 0.228 e. The Morgan fingerprint density at radius 1 is 1.33 bits per heavy atom. The second kappa shape index (κ2) is 5.73. The highest BCUT2D eigenvalue weighted by Gasteiger charge is 2.16. The van der Waals surface area contributed by atoms with Crippen molar-refractivity contribution in [2.45, 2.75) is 26.3 Å². The summed E-state index contributed by atoms with van der Waals surface area (Å²) in [6.45, 7) is 4.33. The zero-order valence-corrected chi connectivity index (χ0v) is 10.9. The molecule has 0 radical (unpaired) electrons. The molecule has 0 spiro atoms. The van der Waals surface area contributed by atoms with Crippen LogP contribution in [0.5, 0.6) is 0 Å². The molecule has 1 atom stereocenters. The summed E-state index contributed by atoms with van der Waals surface area (Å²) >= 11 is 0. The van der Waals surface area contributed by atoms with Gasteiger partial charge in [0.2, 0.25) is 11.7 Å². The Labute approximate surface area is 107 Å². The first kappa shape index (κ1) is 12.7. The molecular weight excluding hydrogens is 228 g/mol. The van der Waals surface area contributed by atoms with Crippen molar-refractivity contribution in [3.63, 3.8) is 0 Å². The molecule has 0 saturated carbocycles. The van der Waals surface area contributed by atoms with E-state index in [4.69, 9.17) is 4.52 Å². The van der Waals surface area contributed by atoms with Crippen LogP contribution in [-0.2, 0) is 6.42 Å². The lowest BCUT2D eigenvalue weighted by Crippen LogP contribution is -2.32. The number of aromatic nitrogens is 3. The highest BCUT2D eigenvalue weighted by atomic mass is 16.5. The highest BCUT2D eigenvalue weighted by Crippen LogP contribution is 2.14. The first-order chi connectivity index (χ1) is 8.70. The molecule has 0 aromatic carbocycles. The number of pyridine rings is 1. The lowest BCUT2D eigenvalue weighted by atomic mass is 10.0. The van der Waals surface area contributed by atoms with E-state index in [1.54, 1.807) is 6.20 Å². The molecule has 0 aliphatic carbocycles. The van der Waals surface area contributed by atoms with Gasteiger partial charge >= 0.3 is 0 Å². The lowest BCUT2D eigenvalue weighted by Gasteiger charge is -2.17. The standard InChI is InChI=1S/C13H18N4O/c1-9(2)11(14-3)8-12-16-13(17-18-12)10-6-4-5-7-15-10/h4-7,9,11,14H,8H2,1-3H3. The van der Waals surface area contributed by atoms with Crippen molar-refractivity contribution in [2.24, 2.45) is 5.92 Å². The van der Waals surface area contributed by atoms with E-state index in [0.717, 1.165) is 12.1 Å². The Bertz CT molecular complexity index is 481. The maximum atomic E-state index is 5.26. The Hall–Kier alpha value is -1.75. The summed E-state index contributed by atoms with van der Waals surface area (Å²) in [6, 6.07) is 5.97. The van der Waals surface area contributed by atoms with Crippen LogP contribution in [0.2, 0.25) is 0 Å². The van der Waals surface area contributed by atoms with Crippen LogP contribution in [0.3, 0.4) is 0 Å². The van der Waals surface area contributed by atoms with Gasteiger partial charge in [-0.05, 0) is 25.1 Å². The molecule has 0 aliphatic rings. The first-order valence-electron chi connectivity index (χ1n) is 6.12. The van der Waals surface area contributed by atoms with Gasteiger partial charge in [0.15, 0.2) is 0 Å². The third-order valence-electron chi connectivity index (χ3n) is 2.93. The largest absolute Gasteiger partial charge is 0.339 e. The van der Waals surface area contributed by atoms with E-state index in [1.807, 2.05) is 25.2 Å². The van der Waals surface area contributed by atoms with Gasteiger partial charge in [-0.2, -0.15) is 4.98 Å². The van der Waals surface area contributed by atoms with Gasteiger partial charge in [-0.1, -0.05) is 25.1 Å². The number of hydrogen-bond donors (Lipinski definition) is 1. The van der Waals surface area contributed by atoms with Crippen molar-refractivity contribution >= 4 is 0 Å². The summed E-state index contributed by atoms with van der Waals surface area (Å²) in [4.78, 5) is 8.57. The minimum Gasteiger partial charge on any atom is -0.339 e. The van der Waals surface area contributed by atoms with Crippen LogP contribution in [-0.4, -0.2) is 28.2 Å². The highest BCUT2D eigenvalue weighted by molar-refractivity contribution is 5.46. The summed E-state index contributed by atoms with van der Waals surface area (Å²) in [7, 11) is 1.95. The van der Waals surface area contributed by atoms with Gasteiger partial charge in [0.05, 0.1) is 0 Å². The monoisotopic (exact) mass is 246 g/mol. The summed E-state index contributed by atoms with van der Waals surface area (Å²) in [5.41, 5.74) is 0.734. The SMILES string of the molecule is CNC(Cc1nc(-c2ccccn2)no1)C(C)C. The fourth-order valence-electron chi connectivity index (χ4n) is 1.80. The Balaban J connectivity index is 2.11. The predicted molar refractivity (Wildman–Crippen MR) is 68.9 cm³/mol. The smallest absolute Gasteiger partial charge is 0.228 e. The first-order valence-corrected chi connectivity index (χ1v) is 6.12. The summed E-state index contributed by atoms with van der Waals surface area (Å²) < 4.78 is 5.26. The van der Waals surface area contributed by atoms with E-state index in [-0.39, 0.29) is 0 Å². The molecule has 2 aromatic rings. The van der Waals surface area contributed by atoms with Gasteiger partial charge in [-0.3, -0.25) is 4.98 Å². The second-order valence-electron chi connectivity index (χ2n) is 4.57. The summed E-state index contributed by atoms with van der Waals surface area (Å²) in [5, 5.41) is 7.21. The van der Waals surface area contributed by atoms with E-state index >= 15 is 0 Å². The van der Waals surface area contributed by atoms with Crippen molar-refractivity contribution in [3.05, 3.63) is 30.3 Å². The Morgan fingerprint density at radius 3 is 2.78 bits per heavy atom. The zero-order valence-electron chi connectivity index (χ0n) is 10.9. The number of nitrogens with one attached hydrogen (secondary N) is 1. The molecule has 18 heavy (non-hydrogen) atoms. The van der Waals surface area contributed by atoms with E-state index in [9.17, 15) is 0 Å². The van der Waals surface area contributed by atoms with Crippen LogP contribution in [0, 0.1) is 5.92 Å². The minimum absolute atomic E-state index is 0.335. The normalized spacial score (nSPS) is 12.9. The topological polar surface area (TPSA) is 63.8 Å². The molecule has 0 saturated heterocycles. The molecule has 5 nitrogen and oxygen atoms in total. The van der Waals surface area contributed by atoms with Crippen LogP contribution in [0.15, 0.2) is 28.9 Å². The molecule has 96 valence electrons. The molecule has 2 heterocycles. The van der Waals surface area contributed by atoms with Gasteiger partial charge in [-0.25, -0.2) is 0 Å². The maximum absolute atomic E-state index is 5.26. The van der Waals surface area contributed by atoms with Crippen LogP contribution in [0.25, 0.3) is 11.5 Å². The molecule has 0 amide bonds. The van der Waals surface area contributed by atoms with Crippen LogP contribution < -0.4 is 5.32 Å². The summed E-state index contributed by atoms with van der Waals surface area (Å²) in [6.07, 6.45) is 2.45. The molecule has 1 unspecified atom stereocenters. The van der Waals surface area contributed by atoms with Crippen LogP contribution in [0.1, 0.15) is 19.7 Å². The average molecular weight is 246 g/mol. The summed E-state index contributed by atoms with van der Waals surface area (Å²) in [5.74, 6) is 1.70. The van der Waals surface area contributed by atoms with Crippen molar-refractivity contribution in [3.8, 4) is 11.5 Å². The molecule has 2 aromatic heterocycles. The lowest BCUT2D eigenvalue weighted by molar-refractivity contribution is 0.335. The van der Waals surface area contributed by atoms with E-state index in [0.29, 0.717) is 23.7 Å². The number of likely N-dealkylation sites (N-methyl/N-ethyl adjacent to an activating group) is 1. The zero-order chi connectivity index (χ0) is 13.0. The fraction of sp³-hybridized carbons (Fsp3) is 0.462. The van der Waals surface area contributed by atoms with Gasteiger partial charge in [0.25, 0.3) is 0 Å². The molecule has 1 N–H and O–H groups in total. The number of nitrogens with zero attached hydrogens (tertiary/aromatic N) is 3. The van der Waals surface area contributed by atoms with Gasteiger partial charge < -0.3 is 9.84 Å². The van der Waals surface area contributed by atoms with E-state index in [2.05, 4.69) is 34.3 Å². The molecule has 5 heteroatoms. The fourth-order valence-corrected chi connectivity index (χ4v) is 1.80. The van der Waals surface area contributed by atoms with E-state index in [1.165, 1.54) is 0 Å². The number of hydrogen-bond acceptors (Lipinski definition) is 5. The van der Waals surface area contributed by atoms with Crippen LogP contribution >= 0.6 is 0 Å². The third kappa shape index (κ3) is 2.92. The number of rotatable bonds is 5. The Kier molecular flexibility index (Phi) is 4.04. The molecule has 0 bridgehead atoms. The van der Waals surface area contributed by atoms with Crippen LogP contribution in [0.4, 0.5) is 0 Å². The second-order valence-corrected chi connectivity index (χ2v) is 4.57. The molecular formula is C13H18N4O. The van der Waals surface area contributed by atoms with Crippen molar-refractivity contribution < 1.29 is 4.52 Å². The van der Waals surface area contributed by atoms with Crippen molar-refractivity contribution in [1.29, 1.82) is 0 Å². The quantitative estimate of drug-likeness (QED) is 0.873. The average Bonchev–Trinajstić information content (AvgIpc) is 2.85. The molecule has 2 rings (SSSR count). The van der Waals surface area contributed by atoms with Crippen molar-refractivity contribution in [1.82, 2.24) is 20.4 Å². The molecule has 0 fully saturated rings.